The Hall–Kier alpha value is -1.12. The number of hydrogen-bond acceptors (Lipinski definition) is 4. The van der Waals surface area contributed by atoms with Gasteiger partial charge in [0.1, 0.15) is 0 Å². The molecule has 0 saturated heterocycles. The van der Waals surface area contributed by atoms with E-state index < -0.39 is 0 Å². The monoisotopic (exact) mass is 469 g/mol. The van der Waals surface area contributed by atoms with Crippen LogP contribution in [0.2, 0.25) is 0 Å². The average molecular weight is 470 g/mol. The van der Waals surface area contributed by atoms with E-state index in [1.165, 1.54) is 0 Å². The molecular formula is C14H15ClN4Pt-3. The molecule has 0 spiro atoms. The average Bonchev–Trinajstić information content (AvgIpc) is 3.10. The van der Waals surface area contributed by atoms with Crippen LogP contribution in [-0.4, -0.2) is 23.9 Å². The zero-order chi connectivity index (χ0) is 14.5. The van der Waals surface area contributed by atoms with Gasteiger partial charge in [0.05, 0.1) is 0 Å². The SMILES string of the molecule is CN1C=CN(c2[c-]c(N3C=CN(C)[CH-]3)ccc2)[CH-]1.[Cl][Pt]. The normalized spacial score (nSPS) is 16.9. The molecule has 3 rings (SSSR count). The van der Waals surface area contributed by atoms with Crippen LogP contribution in [0.1, 0.15) is 0 Å². The van der Waals surface area contributed by atoms with Gasteiger partial charge >= 0.3 is 28.2 Å². The summed E-state index contributed by atoms with van der Waals surface area (Å²) in [5.41, 5.74) is 2.06. The molecule has 1 aromatic rings. The summed E-state index contributed by atoms with van der Waals surface area (Å²) >= 11 is 1.61. The van der Waals surface area contributed by atoms with Gasteiger partial charge in [-0.25, -0.2) is 0 Å². The molecule has 0 atom stereocenters. The summed E-state index contributed by atoms with van der Waals surface area (Å²) in [6.07, 6.45) is 8.06. The second-order valence-corrected chi connectivity index (χ2v) is 4.39. The Morgan fingerprint density at radius 2 is 1.35 bits per heavy atom. The minimum atomic E-state index is 1.03. The Morgan fingerprint density at radius 1 is 0.900 bits per heavy atom. The summed E-state index contributed by atoms with van der Waals surface area (Å²) in [5, 5.41) is 0. The third-order valence-corrected chi connectivity index (χ3v) is 2.86. The van der Waals surface area contributed by atoms with Crippen molar-refractivity contribution < 1.29 is 18.8 Å². The van der Waals surface area contributed by atoms with Crippen LogP contribution in [0, 0.1) is 19.4 Å². The molecule has 0 bridgehead atoms. The summed E-state index contributed by atoms with van der Waals surface area (Å²) in [4.78, 5) is 8.12. The molecule has 6 heteroatoms. The van der Waals surface area contributed by atoms with Crippen LogP contribution in [0.3, 0.4) is 0 Å². The van der Waals surface area contributed by atoms with Gasteiger partial charge in [-0.3, -0.25) is 0 Å². The van der Waals surface area contributed by atoms with Crippen molar-refractivity contribution in [1.29, 1.82) is 0 Å². The van der Waals surface area contributed by atoms with Gasteiger partial charge in [-0.15, -0.1) is 29.6 Å². The number of rotatable bonds is 2. The van der Waals surface area contributed by atoms with Crippen molar-refractivity contribution in [2.24, 2.45) is 0 Å². The van der Waals surface area contributed by atoms with E-state index in [-0.39, 0.29) is 0 Å². The van der Waals surface area contributed by atoms with Crippen LogP contribution in [0.4, 0.5) is 11.4 Å². The Labute approximate surface area is 135 Å². The molecule has 111 valence electrons. The Morgan fingerprint density at radius 3 is 1.70 bits per heavy atom. The van der Waals surface area contributed by atoms with E-state index >= 15 is 0 Å². The summed E-state index contributed by atoms with van der Waals surface area (Å²) in [5.74, 6) is 0. The van der Waals surface area contributed by atoms with Crippen LogP contribution in [-0.2, 0) is 18.8 Å². The van der Waals surface area contributed by atoms with Crippen molar-refractivity contribution in [2.75, 3.05) is 23.9 Å². The number of nitrogens with zero attached hydrogens (tertiary/aromatic N) is 4. The van der Waals surface area contributed by atoms with Crippen LogP contribution in [0.25, 0.3) is 0 Å². The van der Waals surface area contributed by atoms with Crippen LogP contribution < -0.4 is 9.80 Å². The molecule has 0 aliphatic carbocycles. The predicted octanol–water partition coefficient (Wildman–Crippen LogP) is 2.86. The van der Waals surface area contributed by atoms with Crippen molar-refractivity contribution in [2.45, 2.75) is 0 Å². The molecule has 4 nitrogen and oxygen atoms in total. The Balaban J connectivity index is 0.000000704. The van der Waals surface area contributed by atoms with Crippen LogP contribution >= 0.6 is 9.42 Å². The van der Waals surface area contributed by atoms with Gasteiger partial charge in [0.15, 0.2) is 0 Å². The van der Waals surface area contributed by atoms with E-state index in [9.17, 15) is 0 Å². The van der Waals surface area contributed by atoms with Gasteiger partial charge in [0, 0.05) is 0 Å². The van der Waals surface area contributed by atoms with E-state index in [1.54, 1.807) is 18.8 Å². The molecule has 0 saturated carbocycles. The molecule has 0 fully saturated rings. The number of anilines is 2. The van der Waals surface area contributed by atoms with E-state index in [4.69, 9.17) is 0 Å². The Kier molecular flexibility index (Phi) is 5.38. The molecule has 0 unspecified atom stereocenters. The summed E-state index contributed by atoms with van der Waals surface area (Å²) in [7, 11) is 8.62. The first kappa shape index (κ1) is 15.3. The fraction of sp³-hybridized carbons (Fsp3) is 0.143. The zero-order valence-electron chi connectivity index (χ0n) is 11.2. The molecular weight excluding hydrogens is 455 g/mol. The fourth-order valence-electron chi connectivity index (χ4n) is 1.93. The standard InChI is InChI=1S/C14H15N4.ClH.Pt/c1-15-6-8-17(11-15)13-4-3-5-14(10-13)18-9-7-16(2)12-18;;/h3-9,11-12H,1-2H3;1H;/q-3;;+1/p-1. The van der Waals surface area contributed by atoms with Gasteiger partial charge in [-0.1, -0.05) is 0 Å². The van der Waals surface area contributed by atoms with Crippen molar-refractivity contribution >= 4 is 20.8 Å². The number of hydrogen-bond donors (Lipinski definition) is 0. The maximum atomic E-state index is 4.61. The molecule has 0 aromatic heterocycles. The van der Waals surface area contributed by atoms with E-state index in [0.29, 0.717) is 0 Å². The predicted molar refractivity (Wildman–Crippen MR) is 78.5 cm³/mol. The zero-order valence-corrected chi connectivity index (χ0v) is 14.2. The summed E-state index contributed by atoms with van der Waals surface area (Å²) in [6, 6.07) is 9.54. The minimum absolute atomic E-state index is 1.03. The third kappa shape index (κ3) is 3.50. The second kappa shape index (κ2) is 7.05. The van der Waals surface area contributed by atoms with Gasteiger partial charge < -0.3 is 19.6 Å². The van der Waals surface area contributed by atoms with Gasteiger partial charge in [0.25, 0.3) is 0 Å². The topological polar surface area (TPSA) is 13.0 Å². The van der Waals surface area contributed by atoms with Crippen LogP contribution in [0.5, 0.6) is 0 Å². The molecule has 2 aliphatic heterocycles. The third-order valence-electron chi connectivity index (χ3n) is 2.86. The van der Waals surface area contributed by atoms with E-state index in [2.05, 4.69) is 15.5 Å². The van der Waals surface area contributed by atoms with E-state index in [1.807, 2.05) is 90.0 Å². The first-order chi connectivity index (χ1) is 9.72. The quantitative estimate of drug-likeness (QED) is 0.618. The molecule has 1 aromatic carbocycles. The number of benzene rings is 1. The molecule has 0 N–H and O–H groups in total. The van der Waals surface area contributed by atoms with Crippen LogP contribution in [0.15, 0.2) is 43.0 Å². The fourth-order valence-corrected chi connectivity index (χ4v) is 1.93. The molecule has 2 heterocycles. The van der Waals surface area contributed by atoms with Crippen molar-refractivity contribution in [3.63, 3.8) is 0 Å². The maximum absolute atomic E-state index is 4.61. The van der Waals surface area contributed by atoms with Crippen molar-refractivity contribution in [3.05, 3.63) is 62.4 Å². The van der Waals surface area contributed by atoms with Gasteiger partial charge in [-0.05, 0) is 38.9 Å². The first-order valence-corrected chi connectivity index (χ1v) is 8.75. The number of halogens is 1. The van der Waals surface area contributed by atoms with Crippen molar-refractivity contribution in [1.82, 2.24) is 9.80 Å². The molecule has 2 aliphatic rings. The molecule has 0 amide bonds. The van der Waals surface area contributed by atoms with Gasteiger partial charge in [0.2, 0.25) is 0 Å². The Bertz CT molecular complexity index is 464. The second-order valence-electron chi connectivity index (χ2n) is 4.39. The summed E-state index contributed by atoms with van der Waals surface area (Å²) < 4.78 is 0. The first-order valence-electron chi connectivity index (χ1n) is 5.94. The van der Waals surface area contributed by atoms with E-state index in [0.717, 1.165) is 11.4 Å². The summed E-state index contributed by atoms with van der Waals surface area (Å²) in [6.45, 7) is 4.04. The van der Waals surface area contributed by atoms with Crippen molar-refractivity contribution in [3.8, 4) is 0 Å². The van der Waals surface area contributed by atoms with Gasteiger partial charge in [-0.2, -0.15) is 19.4 Å². The molecule has 20 heavy (non-hydrogen) atoms. The molecule has 0 radical (unpaired) electrons.